The summed E-state index contributed by atoms with van der Waals surface area (Å²) in [6.07, 6.45) is 5.33. The summed E-state index contributed by atoms with van der Waals surface area (Å²) in [6.45, 7) is 0. The van der Waals surface area contributed by atoms with E-state index >= 15 is 0 Å². The third-order valence-electron chi connectivity index (χ3n) is 3.26. The topological polar surface area (TPSA) is 78.9 Å². The van der Waals surface area contributed by atoms with Crippen LogP contribution in [0.3, 0.4) is 0 Å². The summed E-state index contributed by atoms with van der Waals surface area (Å²) in [5.74, 6) is -0.0646. The number of halogens is 1. The van der Waals surface area contributed by atoms with E-state index in [1.54, 1.807) is 18.3 Å². The van der Waals surface area contributed by atoms with Crippen molar-refractivity contribution < 1.29 is 9.21 Å². The number of nitriles is 1. The molecule has 3 aromatic rings. The monoisotopic (exact) mass is 413 g/mol. The molecule has 1 N–H and O–H groups in total. The van der Waals surface area contributed by atoms with Gasteiger partial charge in [0.1, 0.15) is 17.4 Å². The van der Waals surface area contributed by atoms with Gasteiger partial charge in [-0.05, 0) is 29.8 Å². The average Bonchev–Trinajstić information content (AvgIpc) is 3.26. The number of nitrogens with zero attached hydrogens (tertiary/aromatic N) is 2. The lowest BCUT2D eigenvalue weighted by molar-refractivity contribution is -0.112. The summed E-state index contributed by atoms with van der Waals surface area (Å²) in [5.41, 5.74) is 1.11. The van der Waals surface area contributed by atoms with E-state index in [0.717, 1.165) is 21.3 Å². The minimum atomic E-state index is -0.511. The van der Waals surface area contributed by atoms with Gasteiger partial charge in [0.25, 0.3) is 5.91 Å². The molecule has 0 fully saturated rings. The maximum Gasteiger partial charge on any atom is 0.268 e. The summed E-state index contributed by atoms with van der Waals surface area (Å²) in [7, 11) is 0. The van der Waals surface area contributed by atoms with Gasteiger partial charge in [-0.25, -0.2) is 4.98 Å². The number of carbonyl (C=O) groups excluding carboxylic acids is 1. The molecule has 124 valence electrons. The molecule has 1 aromatic carbocycles. The second-order valence-electron chi connectivity index (χ2n) is 5.07. The Morgan fingerprint density at radius 1 is 1.36 bits per heavy atom. The summed E-state index contributed by atoms with van der Waals surface area (Å²) in [4.78, 5) is 17.4. The van der Waals surface area contributed by atoms with Crippen molar-refractivity contribution in [2.24, 2.45) is 0 Å². The molecule has 0 spiro atoms. The van der Waals surface area contributed by atoms with Crippen molar-refractivity contribution in [1.29, 1.82) is 5.26 Å². The molecular formula is C18H12BrN3O2S. The van der Waals surface area contributed by atoms with Gasteiger partial charge in [-0.3, -0.25) is 10.1 Å². The van der Waals surface area contributed by atoms with Crippen molar-refractivity contribution in [3.05, 3.63) is 75.1 Å². The SMILES string of the molecule is N#C/C(=C/c1ccco1)C(=O)Nc1ncc(Cc2ccc(Br)cc2)s1. The molecular weight excluding hydrogens is 402 g/mol. The van der Waals surface area contributed by atoms with Crippen molar-refractivity contribution in [3.63, 3.8) is 0 Å². The Labute approximate surface area is 156 Å². The molecule has 0 aliphatic rings. The number of hydrogen-bond acceptors (Lipinski definition) is 5. The largest absolute Gasteiger partial charge is 0.465 e. The van der Waals surface area contributed by atoms with Gasteiger partial charge >= 0.3 is 0 Å². The Kier molecular flexibility index (Phi) is 5.43. The van der Waals surface area contributed by atoms with Crippen LogP contribution in [0.4, 0.5) is 5.13 Å². The Morgan fingerprint density at radius 2 is 2.16 bits per heavy atom. The zero-order valence-electron chi connectivity index (χ0n) is 12.9. The molecule has 0 saturated carbocycles. The van der Waals surface area contributed by atoms with Crippen LogP contribution in [0.25, 0.3) is 6.08 Å². The second-order valence-corrected chi connectivity index (χ2v) is 7.11. The lowest BCUT2D eigenvalue weighted by atomic mass is 10.1. The zero-order chi connectivity index (χ0) is 17.6. The first-order valence-electron chi connectivity index (χ1n) is 7.30. The summed E-state index contributed by atoms with van der Waals surface area (Å²) in [6, 6.07) is 13.3. The molecule has 1 amide bonds. The quantitative estimate of drug-likeness (QED) is 0.488. The van der Waals surface area contributed by atoms with Gasteiger partial charge in [0.15, 0.2) is 5.13 Å². The van der Waals surface area contributed by atoms with Crippen LogP contribution in [0.15, 0.2) is 63.3 Å². The Balaban J connectivity index is 1.67. The molecule has 0 saturated heterocycles. The molecule has 0 bridgehead atoms. The molecule has 3 rings (SSSR count). The average molecular weight is 414 g/mol. The summed E-state index contributed by atoms with van der Waals surface area (Å²) < 4.78 is 6.15. The molecule has 5 nitrogen and oxygen atoms in total. The van der Waals surface area contributed by atoms with Gasteiger partial charge < -0.3 is 4.42 Å². The van der Waals surface area contributed by atoms with E-state index < -0.39 is 5.91 Å². The van der Waals surface area contributed by atoms with Gasteiger partial charge in [-0.15, -0.1) is 11.3 Å². The number of aromatic nitrogens is 1. The van der Waals surface area contributed by atoms with Crippen molar-refractivity contribution in [1.82, 2.24) is 4.98 Å². The number of carbonyl (C=O) groups is 1. The molecule has 25 heavy (non-hydrogen) atoms. The molecule has 2 aromatic heterocycles. The summed E-state index contributed by atoms with van der Waals surface area (Å²) in [5, 5.41) is 12.3. The van der Waals surface area contributed by atoms with Crippen molar-refractivity contribution in [2.45, 2.75) is 6.42 Å². The number of nitrogens with one attached hydrogen (secondary N) is 1. The Bertz CT molecular complexity index is 938. The van der Waals surface area contributed by atoms with Crippen LogP contribution < -0.4 is 5.32 Å². The number of rotatable bonds is 5. The normalized spacial score (nSPS) is 11.1. The number of hydrogen-bond donors (Lipinski definition) is 1. The number of furan rings is 1. The summed E-state index contributed by atoms with van der Waals surface area (Å²) >= 11 is 4.79. The van der Waals surface area contributed by atoms with Gasteiger partial charge in [0.05, 0.1) is 6.26 Å². The minimum absolute atomic E-state index is 0.0420. The highest BCUT2D eigenvalue weighted by Gasteiger charge is 2.12. The van der Waals surface area contributed by atoms with Crippen LogP contribution in [0.2, 0.25) is 0 Å². The van der Waals surface area contributed by atoms with Crippen LogP contribution >= 0.6 is 27.3 Å². The predicted octanol–water partition coefficient (Wildman–Crippen LogP) is 4.64. The van der Waals surface area contributed by atoms with Crippen LogP contribution in [-0.2, 0) is 11.2 Å². The van der Waals surface area contributed by atoms with Crippen molar-refractivity contribution in [2.75, 3.05) is 5.32 Å². The first kappa shape index (κ1) is 17.1. The molecule has 0 atom stereocenters. The highest BCUT2D eigenvalue weighted by molar-refractivity contribution is 9.10. The van der Waals surface area contributed by atoms with E-state index in [2.05, 4.69) is 26.2 Å². The number of thiazole rings is 1. The lowest BCUT2D eigenvalue weighted by Crippen LogP contribution is -2.13. The van der Waals surface area contributed by atoms with Gasteiger partial charge in [0.2, 0.25) is 0 Å². The highest BCUT2D eigenvalue weighted by atomic mass is 79.9. The molecule has 0 aliphatic heterocycles. The van der Waals surface area contributed by atoms with E-state index in [9.17, 15) is 4.79 Å². The lowest BCUT2D eigenvalue weighted by Gasteiger charge is -2.00. The fourth-order valence-corrected chi connectivity index (χ4v) is 3.19. The van der Waals surface area contributed by atoms with Gasteiger partial charge in [-0.1, -0.05) is 28.1 Å². The molecule has 0 unspecified atom stereocenters. The number of benzene rings is 1. The third kappa shape index (κ3) is 4.66. The first-order valence-corrected chi connectivity index (χ1v) is 8.91. The predicted molar refractivity (Wildman–Crippen MR) is 100.0 cm³/mol. The molecule has 2 heterocycles. The van der Waals surface area contributed by atoms with Crippen LogP contribution in [0, 0.1) is 11.3 Å². The fraction of sp³-hybridized carbons (Fsp3) is 0.0556. The van der Waals surface area contributed by atoms with Gasteiger partial charge in [-0.2, -0.15) is 5.26 Å². The smallest absolute Gasteiger partial charge is 0.268 e. The fourth-order valence-electron chi connectivity index (χ4n) is 2.08. The van der Waals surface area contributed by atoms with E-state index in [-0.39, 0.29) is 5.57 Å². The standard InChI is InChI=1S/C18H12BrN3O2S/c19-14-5-3-12(4-6-14)8-16-11-21-18(25-16)22-17(23)13(10-20)9-15-2-1-7-24-15/h1-7,9,11H,8H2,(H,21,22,23)/b13-9-. The zero-order valence-corrected chi connectivity index (χ0v) is 15.3. The molecule has 0 aliphatic carbocycles. The van der Waals surface area contributed by atoms with Crippen LogP contribution in [0.1, 0.15) is 16.2 Å². The highest BCUT2D eigenvalue weighted by Crippen LogP contribution is 2.22. The van der Waals surface area contributed by atoms with E-state index in [1.165, 1.54) is 23.7 Å². The maximum absolute atomic E-state index is 12.2. The first-order chi connectivity index (χ1) is 12.1. The van der Waals surface area contributed by atoms with E-state index in [0.29, 0.717) is 10.9 Å². The minimum Gasteiger partial charge on any atom is -0.465 e. The number of anilines is 1. The van der Waals surface area contributed by atoms with Crippen LogP contribution in [0.5, 0.6) is 0 Å². The Morgan fingerprint density at radius 3 is 2.84 bits per heavy atom. The second kappa shape index (κ2) is 7.92. The molecule has 7 heteroatoms. The molecule has 0 radical (unpaired) electrons. The maximum atomic E-state index is 12.2. The van der Waals surface area contributed by atoms with E-state index in [1.807, 2.05) is 30.3 Å². The third-order valence-corrected chi connectivity index (χ3v) is 4.70. The Hall–Kier alpha value is -2.69. The van der Waals surface area contributed by atoms with E-state index in [4.69, 9.17) is 9.68 Å². The van der Waals surface area contributed by atoms with Gasteiger partial charge in [0, 0.05) is 28.0 Å². The van der Waals surface area contributed by atoms with Crippen molar-refractivity contribution in [3.8, 4) is 6.07 Å². The van der Waals surface area contributed by atoms with Crippen LogP contribution in [-0.4, -0.2) is 10.9 Å². The number of amides is 1. The van der Waals surface area contributed by atoms with Crippen molar-refractivity contribution >= 4 is 44.4 Å².